The molecular formula is C39H64NO3P. The zero-order valence-electron chi connectivity index (χ0n) is 31.5. The number of hydrogen-bond acceptors (Lipinski definition) is 4. The fraction of sp³-hybridized carbons (Fsp3) is 0.692. The third-order valence-electron chi connectivity index (χ3n) is 9.05. The first-order valence-corrected chi connectivity index (χ1v) is 17.7. The van der Waals surface area contributed by atoms with Gasteiger partial charge in [-0.2, -0.15) is 9.69 Å². The third-order valence-corrected chi connectivity index (χ3v) is 10.0. The van der Waals surface area contributed by atoms with E-state index in [1.807, 2.05) is 0 Å². The molecule has 2 aromatic carbocycles. The van der Waals surface area contributed by atoms with Gasteiger partial charge in [0.25, 0.3) is 0 Å². The summed E-state index contributed by atoms with van der Waals surface area (Å²) in [6.45, 7) is 40.6. The van der Waals surface area contributed by atoms with Crippen molar-refractivity contribution in [3.05, 3.63) is 57.6 Å². The fourth-order valence-corrected chi connectivity index (χ4v) is 7.70. The molecule has 0 radical (unpaired) electrons. The Morgan fingerprint density at radius 2 is 0.909 bits per heavy atom. The van der Waals surface area contributed by atoms with Gasteiger partial charge in [-0.3, -0.25) is 0 Å². The zero-order chi connectivity index (χ0) is 33.8. The van der Waals surface area contributed by atoms with E-state index >= 15 is 0 Å². The van der Waals surface area contributed by atoms with Gasteiger partial charge < -0.3 is 9.05 Å². The van der Waals surface area contributed by atoms with Gasteiger partial charge in [0.1, 0.15) is 11.5 Å². The maximum Gasteiger partial charge on any atom is 0.481 e. The Hall–Kier alpha value is -1.61. The smallest absolute Gasteiger partial charge is 0.416 e. The van der Waals surface area contributed by atoms with Crippen LogP contribution in [-0.2, 0) is 26.3 Å². The van der Waals surface area contributed by atoms with E-state index in [2.05, 4.69) is 154 Å². The van der Waals surface area contributed by atoms with Gasteiger partial charge in [-0.25, -0.2) is 0 Å². The molecule has 1 aliphatic heterocycles. The minimum absolute atomic E-state index is 0.0242. The molecule has 5 heteroatoms. The van der Waals surface area contributed by atoms with Crippen LogP contribution in [0.2, 0.25) is 0 Å². The molecule has 0 unspecified atom stereocenters. The van der Waals surface area contributed by atoms with Crippen molar-refractivity contribution in [1.82, 2.24) is 5.06 Å². The number of aryl methyl sites for hydroxylation is 2. The minimum Gasteiger partial charge on any atom is -0.416 e. The van der Waals surface area contributed by atoms with E-state index in [0.717, 1.165) is 35.5 Å². The lowest BCUT2D eigenvalue weighted by molar-refractivity contribution is -0.220. The molecule has 2 aromatic rings. The average molecular weight is 626 g/mol. The summed E-state index contributed by atoms with van der Waals surface area (Å²) in [7, 11) is -1.86. The molecule has 44 heavy (non-hydrogen) atoms. The van der Waals surface area contributed by atoms with Crippen LogP contribution in [0.15, 0.2) is 24.3 Å². The predicted molar refractivity (Wildman–Crippen MR) is 190 cm³/mol. The van der Waals surface area contributed by atoms with Gasteiger partial charge >= 0.3 is 8.60 Å². The van der Waals surface area contributed by atoms with Crippen molar-refractivity contribution in [2.45, 2.75) is 177 Å². The summed E-state index contributed by atoms with van der Waals surface area (Å²) in [5.74, 6) is 1.73. The van der Waals surface area contributed by atoms with Crippen LogP contribution in [0.4, 0.5) is 0 Å². The lowest BCUT2D eigenvalue weighted by Crippen LogP contribution is -2.57. The Kier molecular flexibility index (Phi) is 10.2. The lowest BCUT2D eigenvalue weighted by atomic mass is 9.79. The highest BCUT2D eigenvalue weighted by atomic mass is 31.2. The van der Waals surface area contributed by atoms with Crippen molar-refractivity contribution < 1.29 is 13.7 Å². The second-order valence-corrected chi connectivity index (χ2v) is 19.6. The monoisotopic (exact) mass is 625 g/mol. The molecule has 248 valence electrons. The first-order chi connectivity index (χ1) is 19.6. The molecule has 0 aromatic heterocycles. The van der Waals surface area contributed by atoms with Gasteiger partial charge in [0, 0.05) is 22.2 Å². The van der Waals surface area contributed by atoms with Gasteiger partial charge in [-0.1, -0.05) is 107 Å². The highest BCUT2D eigenvalue weighted by Gasteiger charge is 2.46. The van der Waals surface area contributed by atoms with Gasteiger partial charge in [0.15, 0.2) is 0 Å². The Balaban J connectivity index is 2.25. The predicted octanol–water partition coefficient (Wildman–Crippen LogP) is 12.2. The number of benzene rings is 2. The van der Waals surface area contributed by atoms with Crippen molar-refractivity contribution in [3.63, 3.8) is 0 Å². The second kappa shape index (κ2) is 12.2. The van der Waals surface area contributed by atoms with E-state index in [1.165, 1.54) is 28.7 Å². The number of piperidine rings is 1. The fourth-order valence-electron chi connectivity index (χ4n) is 6.24. The van der Waals surface area contributed by atoms with Crippen LogP contribution >= 0.6 is 8.60 Å². The van der Waals surface area contributed by atoms with Gasteiger partial charge in [0.2, 0.25) is 0 Å². The lowest BCUT2D eigenvalue weighted by Gasteiger charge is -2.51. The van der Waals surface area contributed by atoms with Crippen molar-refractivity contribution in [2.75, 3.05) is 0 Å². The van der Waals surface area contributed by atoms with E-state index in [-0.39, 0.29) is 32.7 Å². The highest BCUT2D eigenvalue weighted by Crippen LogP contribution is 2.53. The Morgan fingerprint density at radius 1 is 0.568 bits per heavy atom. The molecule has 1 saturated heterocycles. The summed E-state index contributed by atoms with van der Waals surface area (Å²) < 4.78 is 21.1. The number of hydroxylamine groups is 2. The van der Waals surface area contributed by atoms with E-state index in [1.54, 1.807) is 0 Å². The standard InChI is InChI=1S/C39H64NO3P/c1-26-22-28(34(3,4)5)24-30(36(9,10)11)32(26)41-44(43-40-38(15,16)20-19-21-39(40,17)18)42-33-27(2)23-29(35(6,7)8)25-31(33)37(12,13)14/h22-25H,19-21H2,1-18H3. The topological polar surface area (TPSA) is 30.9 Å². The van der Waals surface area contributed by atoms with Crippen molar-refractivity contribution in [1.29, 1.82) is 0 Å². The molecule has 0 atom stereocenters. The summed E-state index contributed by atoms with van der Waals surface area (Å²) in [4.78, 5) is 0. The SMILES string of the molecule is Cc1cc(C(C)(C)C)cc(C(C)(C)C)c1OP(Oc1c(C)cc(C(C)(C)C)cc1C(C)(C)C)ON1C(C)(C)CCCC1(C)C. The van der Waals surface area contributed by atoms with Crippen LogP contribution in [0.3, 0.4) is 0 Å². The molecule has 1 aliphatic rings. The highest BCUT2D eigenvalue weighted by molar-refractivity contribution is 7.42. The van der Waals surface area contributed by atoms with Crippen LogP contribution in [0, 0.1) is 13.8 Å². The summed E-state index contributed by atoms with van der Waals surface area (Å²) in [6, 6.07) is 9.21. The number of hydrogen-bond donors (Lipinski definition) is 0. The van der Waals surface area contributed by atoms with Crippen LogP contribution in [-0.4, -0.2) is 16.1 Å². The maximum absolute atomic E-state index is 7.06. The molecule has 1 fully saturated rings. The molecular weight excluding hydrogens is 561 g/mol. The molecule has 0 bridgehead atoms. The normalized spacial score (nSPS) is 18.1. The Labute approximate surface area is 272 Å². The molecule has 1 heterocycles. The van der Waals surface area contributed by atoms with Crippen LogP contribution in [0.25, 0.3) is 0 Å². The quantitative estimate of drug-likeness (QED) is 0.299. The first-order valence-electron chi connectivity index (χ1n) is 16.6. The van der Waals surface area contributed by atoms with Gasteiger partial charge in [0.05, 0.1) is 0 Å². The summed E-state index contributed by atoms with van der Waals surface area (Å²) in [5.41, 5.74) is 6.64. The first kappa shape index (κ1) is 36.9. The molecule has 0 spiro atoms. The zero-order valence-corrected chi connectivity index (χ0v) is 32.4. The van der Waals surface area contributed by atoms with Gasteiger partial charge in [-0.15, -0.1) is 0 Å². The second-order valence-electron chi connectivity index (χ2n) is 18.6. The number of rotatable bonds is 6. The molecule has 0 amide bonds. The van der Waals surface area contributed by atoms with Crippen LogP contribution < -0.4 is 9.05 Å². The number of nitrogens with zero attached hydrogens (tertiary/aromatic N) is 1. The molecule has 4 nitrogen and oxygen atoms in total. The molecule has 3 rings (SSSR count). The average Bonchev–Trinajstić information content (AvgIpc) is 2.80. The maximum atomic E-state index is 7.06. The van der Waals surface area contributed by atoms with Gasteiger partial charge in [-0.05, 0) is 105 Å². The molecule has 0 N–H and O–H groups in total. The third kappa shape index (κ3) is 8.40. The van der Waals surface area contributed by atoms with Crippen molar-refractivity contribution in [2.24, 2.45) is 0 Å². The van der Waals surface area contributed by atoms with Crippen LogP contribution in [0.1, 0.15) is 163 Å². The summed E-state index contributed by atoms with van der Waals surface area (Å²) in [5, 5.41) is 2.18. The Bertz CT molecular complexity index is 1230. The molecule has 0 aliphatic carbocycles. The van der Waals surface area contributed by atoms with E-state index < -0.39 is 8.60 Å². The van der Waals surface area contributed by atoms with E-state index in [0.29, 0.717) is 0 Å². The van der Waals surface area contributed by atoms with E-state index in [9.17, 15) is 0 Å². The minimum atomic E-state index is -1.86. The summed E-state index contributed by atoms with van der Waals surface area (Å²) in [6.07, 6.45) is 3.28. The van der Waals surface area contributed by atoms with E-state index in [4.69, 9.17) is 13.7 Å². The van der Waals surface area contributed by atoms with Crippen molar-refractivity contribution >= 4 is 8.60 Å². The largest absolute Gasteiger partial charge is 0.481 e. The molecule has 0 saturated carbocycles. The van der Waals surface area contributed by atoms with Crippen LogP contribution in [0.5, 0.6) is 11.5 Å². The Morgan fingerprint density at radius 3 is 1.20 bits per heavy atom. The summed E-state index contributed by atoms with van der Waals surface area (Å²) >= 11 is 0. The van der Waals surface area contributed by atoms with Crippen molar-refractivity contribution in [3.8, 4) is 11.5 Å².